The van der Waals surface area contributed by atoms with Gasteiger partial charge in [-0.15, -0.1) is 0 Å². The quantitative estimate of drug-likeness (QED) is 0.518. The van der Waals surface area contributed by atoms with Crippen molar-refractivity contribution in [3.05, 3.63) is 54.0 Å². The van der Waals surface area contributed by atoms with Crippen LogP contribution in [0.5, 0.6) is 0 Å². The molecule has 2 aromatic rings. The van der Waals surface area contributed by atoms with Crippen LogP contribution in [0.15, 0.2) is 52.7 Å². The van der Waals surface area contributed by atoms with Gasteiger partial charge in [0.2, 0.25) is 5.96 Å². The van der Waals surface area contributed by atoms with Gasteiger partial charge in [0, 0.05) is 44.5 Å². The van der Waals surface area contributed by atoms with E-state index in [2.05, 4.69) is 42.3 Å². The number of rotatable bonds is 4. The number of nitrogens with zero attached hydrogens (tertiary/aromatic N) is 5. The molecule has 0 saturated carbocycles. The van der Waals surface area contributed by atoms with Crippen LogP contribution < -0.4 is 16.8 Å². The van der Waals surface area contributed by atoms with Gasteiger partial charge in [0.15, 0.2) is 11.5 Å². The molecular formula is C20H26N8O. The molecule has 1 aromatic heterocycles. The van der Waals surface area contributed by atoms with Crippen molar-refractivity contribution in [3.8, 4) is 0 Å². The Labute approximate surface area is 170 Å². The Bertz CT molecular complexity index is 888. The number of guanidine groups is 1. The highest BCUT2D eigenvalue weighted by Gasteiger charge is 2.37. The number of anilines is 1. The molecule has 1 saturated heterocycles. The Hall–Kier alpha value is -3.49. The van der Waals surface area contributed by atoms with E-state index < -0.39 is 0 Å². The molecule has 0 aliphatic carbocycles. The lowest BCUT2D eigenvalue weighted by molar-refractivity contribution is 0.0928. The molecular weight excluding hydrogens is 368 g/mol. The number of nitrogen functional groups attached to an aromatic ring is 1. The van der Waals surface area contributed by atoms with Crippen LogP contribution in [0, 0.1) is 0 Å². The normalized spacial score (nSPS) is 16.7. The summed E-state index contributed by atoms with van der Waals surface area (Å²) in [7, 11) is 1.70. The van der Waals surface area contributed by atoms with E-state index in [1.807, 2.05) is 18.2 Å². The van der Waals surface area contributed by atoms with Crippen molar-refractivity contribution in [2.45, 2.75) is 18.3 Å². The van der Waals surface area contributed by atoms with Crippen LogP contribution in [0.2, 0.25) is 0 Å². The number of carbonyl (C=O) groups excluding carboxylic acids is 1. The topological polar surface area (TPSA) is 135 Å². The van der Waals surface area contributed by atoms with Gasteiger partial charge in [-0.05, 0) is 18.4 Å². The summed E-state index contributed by atoms with van der Waals surface area (Å²) < 4.78 is 0. The molecule has 2 heterocycles. The summed E-state index contributed by atoms with van der Waals surface area (Å²) in [5, 5.41) is 3.01. The fourth-order valence-corrected chi connectivity index (χ4v) is 3.70. The summed E-state index contributed by atoms with van der Waals surface area (Å²) in [5.41, 5.74) is 12.3. The molecule has 152 valence electrons. The van der Waals surface area contributed by atoms with Gasteiger partial charge in [-0.3, -0.25) is 9.79 Å². The number of amides is 1. The van der Waals surface area contributed by atoms with Gasteiger partial charge in [-0.2, -0.15) is 0 Å². The van der Waals surface area contributed by atoms with Gasteiger partial charge >= 0.3 is 0 Å². The van der Waals surface area contributed by atoms with Crippen molar-refractivity contribution < 1.29 is 4.79 Å². The Morgan fingerprint density at radius 1 is 1.24 bits per heavy atom. The Kier molecular flexibility index (Phi) is 6.38. The fraction of sp³-hybridized carbons (Fsp3) is 0.350. The van der Waals surface area contributed by atoms with Crippen LogP contribution in [0.4, 0.5) is 5.82 Å². The number of aromatic nitrogens is 2. The van der Waals surface area contributed by atoms with E-state index >= 15 is 0 Å². The number of nitrogens with two attached hydrogens (primary N) is 2. The maximum absolute atomic E-state index is 12.6. The second-order valence-corrected chi connectivity index (χ2v) is 6.91. The minimum absolute atomic E-state index is 0.122. The monoisotopic (exact) mass is 394 g/mol. The molecule has 1 aromatic carbocycles. The average Bonchev–Trinajstić information content (AvgIpc) is 2.77. The minimum atomic E-state index is -0.322. The van der Waals surface area contributed by atoms with Crippen molar-refractivity contribution in [2.75, 3.05) is 32.4 Å². The predicted octanol–water partition coefficient (Wildman–Crippen LogP) is 0.795. The zero-order valence-electron chi connectivity index (χ0n) is 16.5. The van der Waals surface area contributed by atoms with E-state index in [1.165, 1.54) is 24.3 Å². The molecule has 0 atom stereocenters. The van der Waals surface area contributed by atoms with Gasteiger partial charge in [0.25, 0.3) is 5.91 Å². The first-order valence-corrected chi connectivity index (χ1v) is 9.46. The second-order valence-electron chi connectivity index (χ2n) is 6.91. The van der Waals surface area contributed by atoms with E-state index in [-0.39, 0.29) is 22.8 Å². The van der Waals surface area contributed by atoms with Crippen molar-refractivity contribution in [1.29, 1.82) is 0 Å². The minimum Gasteiger partial charge on any atom is -0.390 e. The van der Waals surface area contributed by atoms with E-state index in [4.69, 9.17) is 11.5 Å². The Morgan fingerprint density at radius 2 is 1.93 bits per heavy atom. The number of nitrogens with one attached hydrogen (secondary N) is 1. The lowest BCUT2D eigenvalue weighted by Gasteiger charge is -2.42. The lowest BCUT2D eigenvalue weighted by atomic mass is 9.72. The van der Waals surface area contributed by atoms with Crippen LogP contribution in [0.25, 0.3) is 0 Å². The molecule has 9 nitrogen and oxygen atoms in total. The number of aliphatic imine (C=N–C) groups is 2. The summed E-state index contributed by atoms with van der Waals surface area (Å²) in [4.78, 5) is 31.1. The maximum Gasteiger partial charge on any atom is 0.273 e. The molecule has 0 spiro atoms. The smallest absolute Gasteiger partial charge is 0.273 e. The third-order valence-corrected chi connectivity index (χ3v) is 5.31. The van der Waals surface area contributed by atoms with E-state index in [0.29, 0.717) is 12.5 Å². The molecule has 29 heavy (non-hydrogen) atoms. The summed E-state index contributed by atoms with van der Waals surface area (Å²) in [6, 6.07) is 10.2. The number of piperidine rings is 1. The van der Waals surface area contributed by atoms with Crippen LogP contribution >= 0.6 is 0 Å². The highest BCUT2D eigenvalue weighted by Crippen LogP contribution is 2.35. The summed E-state index contributed by atoms with van der Waals surface area (Å²) in [6.45, 7) is 1.97. The van der Waals surface area contributed by atoms with Gasteiger partial charge in [0.1, 0.15) is 0 Å². The molecule has 9 heteroatoms. The fourth-order valence-electron chi connectivity index (χ4n) is 3.70. The zero-order chi connectivity index (χ0) is 20.7. The largest absolute Gasteiger partial charge is 0.390 e. The van der Waals surface area contributed by atoms with Crippen molar-refractivity contribution >= 4 is 24.0 Å². The van der Waals surface area contributed by atoms with Crippen molar-refractivity contribution in [1.82, 2.24) is 20.2 Å². The van der Waals surface area contributed by atoms with Crippen LogP contribution in [-0.2, 0) is 5.41 Å². The maximum atomic E-state index is 12.6. The third kappa shape index (κ3) is 4.50. The third-order valence-electron chi connectivity index (χ3n) is 5.31. The standard InChI is InChI=1S/C20H26N8O/c1-23-19(27-14-21)28-11-7-20(8-12-28,15-5-3-2-4-6-15)13-26-18(29)16-17(22)25-10-9-24-16/h2-6,9-10,14H,7-8,11-13H2,1H3,(H2,22,25)(H,26,29)(H2,21,23,27). The number of carbonyl (C=O) groups is 1. The van der Waals surface area contributed by atoms with E-state index in [1.54, 1.807) is 7.05 Å². The SMILES string of the molecule is CN=C(/N=C/N)N1CCC(CNC(=O)c2nccnc2N)(c2ccccc2)CC1. The molecule has 1 amide bonds. The van der Waals surface area contributed by atoms with Gasteiger partial charge in [-0.25, -0.2) is 15.0 Å². The Balaban J connectivity index is 1.78. The van der Waals surface area contributed by atoms with Gasteiger partial charge < -0.3 is 21.7 Å². The average molecular weight is 394 g/mol. The zero-order valence-corrected chi connectivity index (χ0v) is 16.5. The number of benzene rings is 1. The van der Waals surface area contributed by atoms with Crippen molar-refractivity contribution in [2.24, 2.45) is 15.7 Å². The van der Waals surface area contributed by atoms with E-state index in [9.17, 15) is 4.79 Å². The van der Waals surface area contributed by atoms with Gasteiger partial charge in [0.05, 0.1) is 6.34 Å². The molecule has 5 N–H and O–H groups in total. The van der Waals surface area contributed by atoms with Crippen LogP contribution in [-0.4, -0.2) is 59.8 Å². The first kappa shape index (κ1) is 20.2. The first-order chi connectivity index (χ1) is 14.1. The summed E-state index contributed by atoms with van der Waals surface area (Å²) in [6.07, 6.45) is 5.83. The molecule has 0 unspecified atom stereocenters. The second kappa shape index (κ2) is 9.13. The highest BCUT2D eigenvalue weighted by atomic mass is 16.1. The van der Waals surface area contributed by atoms with Crippen molar-refractivity contribution in [3.63, 3.8) is 0 Å². The summed E-state index contributed by atoms with van der Waals surface area (Å²) in [5.74, 6) is 0.416. The first-order valence-electron chi connectivity index (χ1n) is 9.46. The molecule has 0 radical (unpaired) electrons. The van der Waals surface area contributed by atoms with E-state index in [0.717, 1.165) is 25.9 Å². The summed E-state index contributed by atoms with van der Waals surface area (Å²) >= 11 is 0. The highest BCUT2D eigenvalue weighted by molar-refractivity contribution is 5.96. The molecule has 3 rings (SSSR count). The van der Waals surface area contributed by atoms with Crippen LogP contribution in [0.1, 0.15) is 28.9 Å². The number of likely N-dealkylation sites (tertiary alicyclic amines) is 1. The van der Waals surface area contributed by atoms with Gasteiger partial charge in [-0.1, -0.05) is 30.3 Å². The molecule has 0 bridgehead atoms. The number of hydrogen-bond acceptors (Lipinski definition) is 5. The molecule has 1 fully saturated rings. The molecule has 1 aliphatic rings. The van der Waals surface area contributed by atoms with Crippen LogP contribution in [0.3, 0.4) is 0 Å². The Morgan fingerprint density at radius 3 is 2.55 bits per heavy atom. The lowest BCUT2D eigenvalue weighted by Crippen LogP contribution is -2.50. The predicted molar refractivity (Wildman–Crippen MR) is 114 cm³/mol. The molecule has 1 aliphatic heterocycles. The number of hydrogen-bond donors (Lipinski definition) is 3.